The van der Waals surface area contributed by atoms with E-state index in [1.54, 1.807) is 6.92 Å². The predicted octanol–water partition coefficient (Wildman–Crippen LogP) is 1.14. The van der Waals surface area contributed by atoms with Crippen LogP contribution < -0.4 is 5.73 Å². The standard InChI is InChI=1S/C8H10N4OS2/c1-4-3-14-5(10-4)8(2,13)6-11-12-7(9)15-6/h3,13H,1-2H3,(H2,9,12)/t8-/m0/s1. The molecule has 7 heteroatoms. The summed E-state index contributed by atoms with van der Waals surface area (Å²) < 4.78 is 0. The van der Waals surface area contributed by atoms with Gasteiger partial charge in [0.15, 0.2) is 10.6 Å². The van der Waals surface area contributed by atoms with Crippen molar-refractivity contribution in [2.24, 2.45) is 0 Å². The molecule has 0 radical (unpaired) electrons. The molecule has 0 saturated heterocycles. The fourth-order valence-corrected chi connectivity index (χ4v) is 2.68. The van der Waals surface area contributed by atoms with Gasteiger partial charge in [-0.1, -0.05) is 11.3 Å². The minimum absolute atomic E-state index is 0.346. The molecule has 1 atom stereocenters. The Kier molecular flexibility index (Phi) is 2.45. The topological polar surface area (TPSA) is 84.9 Å². The summed E-state index contributed by atoms with van der Waals surface area (Å²) in [5.74, 6) is 0. The van der Waals surface area contributed by atoms with E-state index in [1.165, 1.54) is 22.7 Å². The number of anilines is 1. The predicted molar refractivity (Wildman–Crippen MR) is 59.8 cm³/mol. The second-order valence-electron chi connectivity index (χ2n) is 3.31. The van der Waals surface area contributed by atoms with Crippen molar-refractivity contribution in [3.05, 3.63) is 21.1 Å². The van der Waals surface area contributed by atoms with E-state index in [-0.39, 0.29) is 0 Å². The zero-order chi connectivity index (χ0) is 11.1. The molecule has 5 nitrogen and oxygen atoms in total. The maximum Gasteiger partial charge on any atom is 0.203 e. The smallest absolute Gasteiger partial charge is 0.203 e. The third-order valence-corrected chi connectivity index (χ3v) is 4.03. The van der Waals surface area contributed by atoms with E-state index in [1.807, 2.05) is 12.3 Å². The van der Waals surface area contributed by atoms with Crippen LogP contribution in [0.4, 0.5) is 5.13 Å². The highest BCUT2D eigenvalue weighted by Gasteiger charge is 2.32. The third-order valence-electron chi connectivity index (χ3n) is 1.89. The van der Waals surface area contributed by atoms with E-state index in [4.69, 9.17) is 5.73 Å². The number of nitrogen functional groups attached to an aromatic ring is 1. The van der Waals surface area contributed by atoms with E-state index in [0.717, 1.165) is 5.69 Å². The number of aliphatic hydroxyl groups is 1. The lowest BCUT2D eigenvalue weighted by atomic mass is 10.1. The number of nitrogens with two attached hydrogens (primary N) is 1. The van der Waals surface area contributed by atoms with Crippen LogP contribution >= 0.6 is 22.7 Å². The average molecular weight is 242 g/mol. The molecular formula is C8H10N4OS2. The molecule has 0 amide bonds. The lowest BCUT2D eigenvalue weighted by Crippen LogP contribution is -2.22. The van der Waals surface area contributed by atoms with Gasteiger partial charge in [0.1, 0.15) is 5.01 Å². The van der Waals surface area contributed by atoms with Crippen molar-refractivity contribution in [2.45, 2.75) is 19.4 Å². The number of aromatic nitrogens is 3. The molecule has 3 N–H and O–H groups in total. The Bertz CT molecular complexity index is 434. The summed E-state index contributed by atoms with van der Waals surface area (Å²) in [7, 11) is 0. The molecule has 0 aliphatic carbocycles. The van der Waals surface area contributed by atoms with Crippen molar-refractivity contribution in [1.29, 1.82) is 0 Å². The van der Waals surface area contributed by atoms with Gasteiger partial charge >= 0.3 is 0 Å². The molecule has 0 spiro atoms. The van der Waals surface area contributed by atoms with Crippen molar-refractivity contribution in [3.8, 4) is 0 Å². The molecule has 0 bridgehead atoms. The van der Waals surface area contributed by atoms with Crippen molar-refractivity contribution >= 4 is 27.8 Å². The van der Waals surface area contributed by atoms with Gasteiger partial charge in [-0.2, -0.15) is 0 Å². The van der Waals surface area contributed by atoms with Gasteiger partial charge in [0, 0.05) is 11.1 Å². The summed E-state index contributed by atoms with van der Waals surface area (Å²) in [4.78, 5) is 4.23. The summed E-state index contributed by atoms with van der Waals surface area (Å²) in [6.45, 7) is 3.52. The van der Waals surface area contributed by atoms with E-state index < -0.39 is 5.60 Å². The molecular weight excluding hydrogens is 232 g/mol. The molecule has 0 fully saturated rings. The lowest BCUT2D eigenvalue weighted by Gasteiger charge is -2.16. The molecule has 0 unspecified atom stereocenters. The quantitative estimate of drug-likeness (QED) is 0.825. The Hall–Kier alpha value is -1.05. The minimum Gasteiger partial charge on any atom is -0.376 e. The second-order valence-corrected chi connectivity index (χ2v) is 5.18. The van der Waals surface area contributed by atoms with Crippen LogP contribution in [-0.4, -0.2) is 20.3 Å². The van der Waals surface area contributed by atoms with Crippen LogP contribution in [0.1, 0.15) is 22.6 Å². The van der Waals surface area contributed by atoms with Crippen LogP contribution in [0.15, 0.2) is 5.38 Å². The Morgan fingerprint density at radius 2 is 2.13 bits per heavy atom. The van der Waals surface area contributed by atoms with E-state index >= 15 is 0 Å². The number of nitrogens with zero attached hydrogens (tertiary/aromatic N) is 3. The summed E-state index contributed by atoms with van der Waals surface area (Å²) in [6.07, 6.45) is 0. The number of hydrogen-bond donors (Lipinski definition) is 2. The van der Waals surface area contributed by atoms with Gasteiger partial charge < -0.3 is 10.8 Å². The van der Waals surface area contributed by atoms with Gasteiger partial charge in [0.2, 0.25) is 5.13 Å². The molecule has 0 aliphatic heterocycles. The largest absolute Gasteiger partial charge is 0.376 e. The van der Waals surface area contributed by atoms with Crippen LogP contribution in [0.25, 0.3) is 0 Å². The fourth-order valence-electron chi connectivity index (χ4n) is 1.10. The second kappa shape index (κ2) is 3.51. The summed E-state index contributed by atoms with van der Waals surface area (Å²) >= 11 is 2.57. The molecule has 0 aliphatic rings. The number of aryl methyl sites for hydroxylation is 1. The average Bonchev–Trinajstić information content (AvgIpc) is 2.74. The summed E-state index contributed by atoms with van der Waals surface area (Å²) in [5.41, 5.74) is 5.16. The van der Waals surface area contributed by atoms with Crippen LogP contribution in [0.3, 0.4) is 0 Å². The van der Waals surface area contributed by atoms with Crippen molar-refractivity contribution in [1.82, 2.24) is 15.2 Å². The van der Waals surface area contributed by atoms with Gasteiger partial charge in [-0.3, -0.25) is 0 Å². The van der Waals surface area contributed by atoms with E-state index in [2.05, 4.69) is 15.2 Å². The first-order valence-electron chi connectivity index (χ1n) is 4.24. The molecule has 0 saturated carbocycles. The monoisotopic (exact) mass is 242 g/mol. The number of hydrogen-bond acceptors (Lipinski definition) is 7. The van der Waals surface area contributed by atoms with E-state index in [0.29, 0.717) is 15.1 Å². The molecule has 2 heterocycles. The fraction of sp³-hybridized carbons (Fsp3) is 0.375. The highest BCUT2D eigenvalue weighted by molar-refractivity contribution is 7.15. The Morgan fingerprint density at radius 1 is 1.40 bits per heavy atom. The van der Waals surface area contributed by atoms with Crippen LogP contribution in [-0.2, 0) is 5.60 Å². The number of thiazole rings is 1. The zero-order valence-electron chi connectivity index (χ0n) is 8.26. The minimum atomic E-state index is -1.20. The molecule has 80 valence electrons. The molecule has 2 rings (SSSR count). The maximum absolute atomic E-state index is 10.3. The van der Waals surface area contributed by atoms with Crippen molar-refractivity contribution < 1.29 is 5.11 Å². The summed E-state index contributed by atoms with van der Waals surface area (Å²) in [6, 6.07) is 0. The first-order valence-corrected chi connectivity index (χ1v) is 5.94. The first-order chi connectivity index (χ1) is 7.00. The summed E-state index contributed by atoms with van der Waals surface area (Å²) in [5, 5.41) is 21.1. The zero-order valence-corrected chi connectivity index (χ0v) is 9.89. The van der Waals surface area contributed by atoms with Crippen molar-refractivity contribution in [2.75, 3.05) is 5.73 Å². The van der Waals surface area contributed by atoms with Crippen molar-refractivity contribution in [3.63, 3.8) is 0 Å². The third kappa shape index (κ3) is 1.85. The Balaban J connectivity index is 2.42. The molecule has 0 aromatic carbocycles. The normalized spacial score (nSPS) is 15.1. The van der Waals surface area contributed by atoms with Gasteiger partial charge in [-0.15, -0.1) is 21.5 Å². The van der Waals surface area contributed by atoms with Gasteiger partial charge in [-0.05, 0) is 13.8 Å². The lowest BCUT2D eigenvalue weighted by molar-refractivity contribution is 0.101. The number of rotatable bonds is 2. The van der Waals surface area contributed by atoms with Gasteiger partial charge in [-0.25, -0.2) is 4.98 Å². The first kappa shape index (κ1) is 10.5. The Labute approximate surface area is 94.6 Å². The maximum atomic E-state index is 10.3. The van der Waals surface area contributed by atoms with Gasteiger partial charge in [0.05, 0.1) is 0 Å². The SMILES string of the molecule is Cc1csc([C@](C)(O)c2nnc(N)s2)n1. The molecule has 15 heavy (non-hydrogen) atoms. The van der Waals surface area contributed by atoms with Crippen LogP contribution in [0.2, 0.25) is 0 Å². The molecule has 2 aromatic heterocycles. The van der Waals surface area contributed by atoms with E-state index in [9.17, 15) is 5.11 Å². The molecule has 2 aromatic rings. The Morgan fingerprint density at radius 3 is 2.60 bits per heavy atom. The highest BCUT2D eigenvalue weighted by Crippen LogP contribution is 2.33. The van der Waals surface area contributed by atoms with Gasteiger partial charge in [0.25, 0.3) is 0 Å². The van der Waals surface area contributed by atoms with Crippen LogP contribution in [0.5, 0.6) is 0 Å². The highest BCUT2D eigenvalue weighted by atomic mass is 32.1. The van der Waals surface area contributed by atoms with Crippen LogP contribution in [0, 0.1) is 6.92 Å².